The molecule has 0 atom stereocenters. The number of rotatable bonds is 6. The molecule has 0 fully saturated rings. The fourth-order valence-electron chi connectivity index (χ4n) is 6.39. The molecule has 230 valence electrons. The van der Waals surface area contributed by atoms with Crippen LogP contribution in [0.25, 0.3) is 83.9 Å². The summed E-state index contributed by atoms with van der Waals surface area (Å²) < 4.78 is 37.4. The zero-order valence-electron chi connectivity index (χ0n) is 30.3. The third-order valence-electron chi connectivity index (χ3n) is 8.77. The number of aromatic nitrogens is 4. The van der Waals surface area contributed by atoms with Crippen molar-refractivity contribution in [1.82, 2.24) is 19.5 Å². The molecule has 0 bridgehead atoms. The first-order valence-electron chi connectivity index (χ1n) is 18.1. The first kappa shape index (κ1) is 24.5. The summed E-state index contributed by atoms with van der Waals surface area (Å²) in [5, 5.41) is 1.07. The van der Waals surface area contributed by atoms with E-state index in [1.165, 1.54) is 0 Å². The van der Waals surface area contributed by atoms with Crippen LogP contribution in [0.3, 0.4) is 0 Å². The predicted octanol–water partition coefficient (Wildman–Crippen LogP) is 11.3. The van der Waals surface area contributed by atoms with Crippen molar-refractivity contribution in [3.05, 3.63) is 182 Å². The fourth-order valence-corrected chi connectivity index (χ4v) is 6.39. The van der Waals surface area contributed by atoms with Crippen LogP contribution < -0.4 is 0 Å². The summed E-state index contributed by atoms with van der Waals surface area (Å²) >= 11 is 0. The Balaban J connectivity index is 1.33. The van der Waals surface area contributed by atoms with Gasteiger partial charge in [-0.3, -0.25) is 4.57 Å². The second-order valence-electron chi connectivity index (χ2n) is 11.8. The molecule has 0 unspecified atom stereocenters. The number of fused-ring (bicyclic) bond motifs is 3. The first-order valence-corrected chi connectivity index (χ1v) is 16.1. The van der Waals surface area contributed by atoms with Gasteiger partial charge in [0.1, 0.15) is 0 Å². The van der Waals surface area contributed by atoms with E-state index >= 15 is 0 Å². The van der Waals surface area contributed by atoms with E-state index in [0.29, 0.717) is 33.5 Å². The van der Waals surface area contributed by atoms with Gasteiger partial charge in [-0.1, -0.05) is 146 Å². The van der Waals surface area contributed by atoms with Crippen LogP contribution in [0.1, 0.15) is 5.48 Å². The van der Waals surface area contributed by atoms with Gasteiger partial charge in [-0.05, 0) is 69.8 Å². The van der Waals surface area contributed by atoms with Gasteiger partial charge in [0.05, 0.1) is 16.5 Å². The molecule has 0 spiro atoms. The fraction of sp³-hybridized carbons (Fsp3) is 0. The molecule has 0 aliphatic heterocycles. The van der Waals surface area contributed by atoms with Crippen molar-refractivity contribution in [3.8, 4) is 62.1 Å². The standard InChI is InChI=1S/C45H30N4/c1-5-15-31(16-6-1)36-27-37(32-17-7-2-8-18-32)29-38(28-36)35-25-26-42-40(30-35)39-23-13-14-24-41(39)49(42)45-47-43(33-19-9-3-10-20-33)46-44(48-45)34-21-11-4-12-22-34/h1-30H/i13D,14D,23D,24D. The molecule has 2 heterocycles. The van der Waals surface area contributed by atoms with Crippen molar-refractivity contribution >= 4 is 21.8 Å². The summed E-state index contributed by atoms with van der Waals surface area (Å²) in [6.07, 6.45) is 0. The van der Waals surface area contributed by atoms with Crippen molar-refractivity contribution in [2.24, 2.45) is 0 Å². The lowest BCUT2D eigenvalue weighted by Gasteiger charge is -2.12. The molecule has 0 radical (unpaired) electrons. The number of benzene rings is 7. The Kier molecular flexibility index (Phi) is 6.09. The number of para-hydroxylation sites is 1. The van der Waals surface area contributed by atoms with E-state index in [1.54, 1.807) is 4.57 Å². The van der Waals surface area contributed by atoms with E-state index < -0.39 is 0 Å². The number of nitrogens with zero attached hydrogens (tertiary/aromatic N) is 4. The Bertz CT molecular complexity index is 2690. The Hall–Kier alpha value is -6.65. The average molecular weight is 631 g/mol. The van der Waals surface area contributed by atoms with E-state index in [4.69, 9.17) is 20.4 Å². The van der Waals surface area contributed by atoms with Crippen LogP contribution in [0.5, 0.6) is 0 Å². The third-order valence-corrected chi connectivity index (χ3v) is 8.77. The van der Waals surface area contributed by atoms with Gasteiger partial charge in [-0.15, -0.1) is 0 Å². The zero-order chi connectivity index (χ0) is 36.1. The van der Waals surface area contributed by atoms with Gasteiger partial charge in [0, 0.05) is 21.9 Å². The van der Waals surface area contributed by atoms with E-state index in [9.17, 15) is 0 Å². The summed E-state index contributed by atoms with van der Waals surface area (Å²) in [5.41, 5.74) is 8.76. The average Bonchev–Trinajstić information content (AvgIpc) is 3.58. The lowest BCUT2D eigenvalue weighted by atomic mass is 9.93. The second kappa shape index (κ2) is 12.2. The van der Waals surface area contributed by atoms with Gasteiger partial charge in [0.2, 0.25) is 5.95 Å². The highest BCUT2D eigenvalue weighted by molar-refractivity contribution is 6.10. The minimum absolute atomic E-state index is 0.120. The van der Waals surface area contributed by atoms with Crippen molar-refractivity contribution in [3.63, 3.8) is 0 Å². The highest BCUT2D eigenvalue weighted by atomic mass is 15.2. The van der Waals surface area contributed by atoms with Crippen LogP contribution in [0.15, 0.2) is 182 Å². The molecular weight excluding hydrogens is 597 g/mol. The quantitative estimate of drug-likeness (QED) is 0.184. The van der Waals surface area contributed by atoms with Crippen LogP contribution in [0.4, 0.5) is 0 Å². The van der Waals surface area contributed by atoms with Gasteiger partial charge in [0.25, 0.3) is 0 Å². The van der Waals surface area contributed by atoms with Crippen molar-refractivity contribution in [2.45, 2.75) is 0 Å². The normalized spacial score (nSPS) is 12.4. The lowest BCUT2D eigenvalue weighted by molar-refractivity contribution is 0.953. The minimum atomic E-state index is -0.324. The number of hydrogen-bond donors (Lipinski definition) is 0. The second-order valence-corrected chi connectivity index (χ2v) is 11.8. The highest BCUT2D eigenvalue weighted by Gasteiger charge is 2.18. The van der Waals surface area contributed by atoms with Gasteiger partial charge in [0.15, 0.2) is 11.6 Å². The Labute approximate surface area is 290 Å². The topological polar surface area (TPSA) is 43.6 Å². The summed E-state index contributed by atoms with van der Waals surface area (Å²) in [4.78, 5) is 14.8. The SMILES string of the molecule is [2H]c1c([2H])c([2H])c2c(c1[2H])c1cc(-c3cc(-c4ccccc4)cc(-c4ccccc4)c3)ccc1n2-c1nc(-c2ccccc2)nc(-c2ccccc2)n1. The molecular formula is C45H30N4. The Morgan fingerprint density at radius 2 is 0.837 bits per heavy atom. The summed E-state index contributed by atoms with van der Waals surface area (Å²) in [5.74, 6) is 1.16. The van der Waals surface area contributed by atoms with E-state index in [1.807, 2.05) is 115 Å². The molecule has 7 aromatic carbocycles. The van der Waals surface area contributed by atoms with Crippen LogP contribution in [0.2, 0.25) is 0 Å². The van der Waals surface area contributed by atoms with Crippen molar-refractivity contribution in [1.29, 1.82) is 0 Å². The molecule has 2 aromatic heterocycles. The maximum Gasteiger partial charge on any atom is 0.238 e. The molecule has 9 aromatic rings. The third kappa shape index (κ3) is 5.35. The molecule has 0 amide bonds. The van der Waals surface area contributed by atoms with Crippen molar-refractivity contribution < 1.29 is 5.48 Å². The minimum Gasteiger partial charge on any atom is -0.278 e. The maximum atomic E-state index is 9.17. The van der Waals surface area contributed by atoms with Crippen molar-refractivity contribution in [2.75, 3.05) is 0 Å². The van der Waals surface area contributed by atoms with E-state index in [2.05, 4.69) is 42.5 Å². The predicted molar refractivity (Wildman–Crippen MR) is 201 cm³/mol. The zero-order valence-corrected chi connectivity index (χ0v) is 26.3. The largest absolute Gasteiger partial charge is 0.278 e. The van der Waals surface area contributed by atoms with Crippen LogP contribution in [-0.4, -0.2) is 19.5 Å². The smallest absolute Gasteiger partial charge is 0.238 e. The van der Waals surface area contributed by atoms with Gasteiger partial charge >= 0.3 is 0 Å². The lowest BCUT2D eigenvalue weighted by Crippen LogP contribution is -2.06. The Morgan fingerprint density at radius 3 is 1.37 bits per heavy atom. The van der Waals surface area contributed by atoms with Crippen LogP contribution >= 0.6 is 0 Å². The van der Waals surface area contributed by atoms with Crippen LogP contribution in [0, 0.1) is 0 Å². The maximum absolute atomic E-state index is 9.17. The van der Waals surface area contributed by atoms with Gasteiger partial charge < -0.3 is 0 Å². The van der Waals surface area contributed by atoms with Gasteiger partial charge in [-0.25, -0.2) is 4.98 Å². The summed E-state index contributed by atoms with van der Waals surface area (Å²) in [7, 11) is 0. The highest BCUT2D eigenvalue weighted by Crippen LogP contribution is 2.37. The molecule has 4 nitrogen and oxygen atoms in total. The molecule has 0 aliphatic carbocycles. The van der Waals surface area contributed by atoms with E-state index in [-0.39, 0.29) is 30.1 Å². The molecule has 49 heavy (non-hydrogen) atoms. The summed E-state index contributed by atoms with van der Waals surface area (Å²) in [6, 6.07) is 51.5. The number of hydrogen-bond acceptors (Lipinski definition) is 3. The molecule has 9 rings (SSSR count). The molecule has 0 saturated heterocycles. The monoisotopic (exact) mass is 630 g/mol. The molecule has 4 heteroatoms. The summed E-state index contributed by atoms with van der Waals surface area (Å²) in [6.45, 7) is 0. The Morgan fingerprint density at radius 1 is 0.367 bits per heavy atom. The molecule has 0 N–H and O–H groups in total. The van der Waals surface area contributed by atoms with E-state index in [0.717, 1.165) is 44.5 Å². The molecule has 0 aliphatic rings. The van der Waals surface area contributed by atoms with Crippen LogP contribution in [-0.2, 0) is 0 Å². The molecule has 0 saturated carbocycles. The first-order chi connectivity index (χ1) is 25.9. The van der Waals surface area contributed by atoms with Gasteiger partial charge in [-0.2, -0.15) is 9.97 Å².